The number of aliphatic hydroxyl groups excluding tert-OH is 1. The Hall–Kier alpha value is -8.75. The fourth-order valence-corrected chi connectivity index (χ4v) is 13.3. The van der Waals surface area contributed by atoms with E-state index in [0.717, 1.165) is 95.7 Å². The molecule has 126 heavy (non-hydrogen) atoms. The summed E-state index contributed by atoms with van der Waals surface area (Å²) in [5, 5.41) is 95.9. The molecule has 1 heterocycles. The molecule has 0 aromatic heterocycles. The Balaban J connectivity index is -0.000000343. The molecule has 0 saturated carbocycles. The number of benzene rings is 10. The SMILES string of the molecule is C.CO.COC(=O)c1ccc([N+](=O)[O-])c(F)c1.COC(=O)c1ccc([N+](=O)[O-])c(Sc2ccccc2C(=O)OC)c1.COC(=O)c1ccccc1S.Nc1ccc(C(=O)O)cc1Sc1ccccc1C(=O)O.O.O=C(O)c1ccc([N+](=O)[O-])c(Sc2ccccc2C(=O)O)c1.O=C(O)c1ccc2c(c1)Sc1ccccc1C(=O)N2.O=CO[O-].[2H]CF.[2H]CI.[Cs+].[Cs+].[H-].[Li+].[OH-]. The number of anilines is 2. The average molecular weight is 2190 g/mol. The van der Waals surface area contributed by atoms with E-state index in [2.05, 4.69) is 37.0 Å². The number of esters is 4. The Labute approximate surface area is 886 Å². The third kappa shape index (κ3) is 40.7. The second kappa shape index (κ2) is 67.5. The largest absolute Gasteiger partial charge is 1.00 e. The van der Waals surface area contributed by atoms with Gasteiger partial charge in [-0.3, -0.25) is 44.3 Å². The van der Waals surface area contributed by atoms with Crippen molar-refractivity contribution in [1.82, 2.24) is 0 Å². The number of carbonyl (C=O) groups is 11. The second-order valence-corrected chi connectivity index (χ2v) is 26.1. The zero-order valence-electron chi connectivity index (χ0n) is 69.4. The van der Waals surface area contributed by atoms with E-state index in [1.807, 2.05) is 40.8 Å². The maximum atomic E-state index is 12.9. The molecule has 0 radical (unpaired) electrons. The fourth-order valence-electron chi connectivity index (χ4n) is 8.83. The zero-order chi connectivity index (χ0) is 91.9. The van der Waals surface area contributed by atoms with E-state index in [1.54, 1.807) is 91.0 Å². The molecule has 656 valence electrons. The number of thiol groups is 1. The molecule has 12 N–H and O–H groups in total. The number of rotatable bonds is 19. The van der Waals surface area contributed by atoms with Gasteiger partial charge in [-0.2, -0.15) is 4.39 Å². The van der Waals surface area contributed by atoms with E-state index >= 15 is 0 Å². The number of nitrogens with zero attached hydrogens (tertiary/aromatic N) is 3. The first-order chi connectivity index (χ1) is 58.1. The fraction of sp³-hybridized carbons (Fsp3) is 0.101. The minimum absolute atomic E-state index is 0. The standard InChI is InChI=1S/C16H13NO6S.C14H9NO6S.C14H11NO4S.C14H9NO3S.C8H6FNO4.C8H8O2S.CH3F.CH3I.CH2O3.CH4O.CH4.2Cs.Li.2H2O.H/c1-22-15(18)10-7-8-12(17(20)21)14(9-10)24-13-6-4-3-5-11(13)16(19)23-2;16-13(17)8-5-6-10(15(20)21)12(7-8)22-11-4-2-1-3-9(11)14(18)19;15-10-6-5-8(13(16)17)7-12(10)20-11-4-2-1-3-9(11)14(18)19;16-13-9-3-1-2-4-11(9)19-12-7-8(14(17)18)5-6-10(12)15-13;1-14-8(11)5-2-3-7(10(12)13)6(9)4-5;1-10-8(9)6-4-2-3-5-7(6)11;2*1-2;2-1-4-3;1-2;;;;;;;/h3-9H,1-2H3;1-7H,(H,16,17)(H,18,19);1-7H,15H2,(H,16,17)(H,18,19);1-7H,(H,15,16)(H,17,18);2-4H,1H3;2-5,11H,1H3;2*1H3;1,3H;2H,1H3;1H4;;;;2*1H2;/q;;;;;;;;;;;3*+1;;;-1/p-2/i;;;;;;2*1D;;;;;;;;;. The number of amides is 1. The molecular weight excluding hydrogens is 2110 g/mol. The molecule has 10 aromatic rings. The topological polar surface area (TPSA) is 607 Å². The van der Waals surface area contributed by atoms with Crippen molar-refractivity contribution in [3.8, 4) is 0 Å². The Bertz CT molecular complexity index is 5430. The van der Waals surface area contributed by atoms with Gasteiger partial charge in [-0.25, -0.2) is 43.2 Å². The van der Waals surface area contributed by atoms with E-state index in [4.69, 9.17) is 53.9 Å². The second-order valence-electron chi connectivity index (χ2n) is 21.3. The Morgan fingerprint density at radius 2 is 0.833 bits per heavy atom. The number of aliphatic hydroxyl groups is 1. The van der Waals surface area contributed by atoms with Gasteiger partial charge in [0.2, 0.25) is 5.82 Å². The predicted octanol–water partition coefficient (Wildman–Crippen LogP) is 6.10. The molecule has 0 fully saturated rings. The molecule has 0 spiro atoms. The van der Waals surface area contributed by atoms with Crippen LogP contribution in [0.25, 0.3) is 0 Å². The van der Waals surface area contributed by atoms with Crippen LogP contribution >= 0.6 is 82.3 Å². The zero-order valence-corrected chi connectivity index (χ0v) is 85.2. The van der Waals surface area contributed by atoms with E-state index in [9.17, 15) is 87.1 Å². The van der Waals surface area contributed by atoms with Gasteiger partial charge in [-0.1, -0.05) is 138 Å². The van der Waals surface area contributed by atoms with Crippen LogP contribution in [-0.2, 0) is 28.6 Å². The van der Waals surface area contributed by atoms with Crippen LogP contribution in [0.1, 0.15) is 115 Å². The molecule has 0 unspecified atom stereocenters. The van der Waals surface area contributed by atoms with Gasteiger partial charge in [-0.05, 0) is 138 Å². The third-order valence-corrected chi connectivity index (χ3v) is 19.1. The molecule has 0 bridgehead atoms. The van der Waals surface area contributed by atoms with Crippen LogP contribution in [0.15, 0.2) is 256 Å². The molecule has 1 aliphatic heterocycles. The van der Waals surface area contributed by atoms with Crippen LogP contribution in [0.2, 0.25) is 0 Å². The number of methoxy groups -OCH3 is 4. The van der Waals surface area contributed by atoms with Crippen molar-refractivity contribution >= 4 is 177 Å². The van der Waals surface area contributed by atoms with Crippen LogP contribution in [0.3, 0.4) is 0 Å². The van der Waals surface area contributed by atoms with E-state index in [1.165, 1.54) is 99.8 Å². The summed E-state index contributed by atoms with van der Waals surface area (Å²) < 4.78 is 52.8. The summed E-state index contributed by atoms with van der Waals surface area (Å²) in [5.41, 5.74) is 7.56. The van der Waals surface area contributed by atoms with Gasteiger partial charge in [0.25, 0.3) is 23.8 Å². The van der Waals surface area contributed by atoms with E-state index in [0.29, 0.717) is 51.9 Å². The number of nitro benzene ring substituents is 3. The van der Waals surface area contributed by atoms with Crippen molar-refractivity contribution in [3.63, 3.8) is 0 Å². The maximum Gasteiger partial charge on any atom is 1.00 e. The van der Waals surface area contributed by atoms with Gasteiger partial charge in [0.1, 0.15) is 0 Å². The van der Waals surface area contributed by atoms with E-state index in [-0.39, 0.29) is 260 Å². The Morgan fingerprint density at radius 3 is 1.24 bits per heavy atom. The molecule has 10 aromatic carbocycles. The number of nitrogens with one attached hydrogen (secondary N) is 1. The first-order valence-corrected chi connectivity index (χ1v) is 37.4. The van der Waals surface area contributed by atoms with E-state index < -0.39 is 81.2 Å². The molecule has 0 aliphatic carbocycles. The molecule has 1 amide bonds. The average Bonchev–Trinajstić information content (AvgIpc) is 1.71. The summed E-state index contributed by atoms with van der Waals surface area (Å²) in [5.74, 6) is -8.94. The van der Waals surface area contributed by atoms with Gasteiger partial charge < -0.3 is 83.2 Å². The summed E-state index contributed by atoms with van der Waals surface area (Å²) in [6.07, 6.45) is 0. The van der Waals surface area contributed by atoms with Crippen molar-refractivity contribution in [3.05, 3.63) is 304 Å². The number of carboxylic acids is 5. The van der Waals surface area contributed by atoms with Gasteiger partial charge in [0.15, 0.2) is 0 Å². The number of hydrogen-bond acceptors (Lipinski definition) is 31. The van der Waals surface area contributed by atoms with Crippen molar-refractivity contribution < 1.29 is 308 Å². The number of halogens is 3. The minimum atomic E-state index is -1.22. The minimum Gasteiger partial charge on any atom is -1.00 e. The third-order valence-electron chi connectivity index (χ3n) is 14.2. The van der Waals surface area contributed by atoms with Gasteiger partial charge in [-0.15, -0.1) is 12.6 Å². The number of carbonyl (C=O) groups excluding carboxylic acids is 6. The number of carboxylic acid groups (broad SMARTS) is 5. The van der Waals surface area contributed by atoms with Crippen LogP contribution in [-0.4, -0.2) is 170 Å². The molecule has 36 nitrogen and oxygen atoms in total. The number of fused-ring (bicyclic) bond motifs is 2. The van der Waals surface area contributed by atoms with Crippen molar-refractivity contribution in [2.45, 2.75) is 51.5 Å². The first-order valence-electron chi connectivity index (χ1n) is 33.6. The number of nitrogen functional groups attached to an aromatic ring is 1. The van der Waals surface area contributed by atoms with Gasteiger partial charge >= 0.3 is 216 Å². The molecule has 11 rings (SSSR count). The maximum absolute atomic E-state index is 12.9. The number of aromatic carboxylic acids is 5. The van der Waals surface area contributed by atoms with Crippen LogP contribution in [0.5, 0.6) is 0 Å². The quantitative estimate of drug-likeness (QED) is 0.00377. The van der Waals surface area contributed by atoms with Crippen molar-refractivity contribution in [2.24, 2.45) is 0 Å². The number of nitrogens with two attached hydrogens (primary N) is 1. The summed E-state index contributed by atoms with van der Waals surface area (Å²) >= 11 is 10.4. The normalized spacial score (nSPS) is 9.66. The van der Waals surface area contributed by atoms with Gasteiger partial charge in [0, 0.05) is 66.6 Å². The molecule has 1 aliphatic rings. The number of alkyl halides is 2. The van der Waals surface area contributed by atoms with Crippen LogP contribution in [0.4, 0.5) is 37.2 Å². The summed E-state index contributed by atoms with van der Waals surface area (Å²) in [7, 11) is 4.97. The van der Waals surface area contributed by atoms with Crippen molar-refractivity contribution in [2.75, 3.05) is 58.7 Å². The van der Waals surface area contributed by atoms with Crippen LogP contribution < -0.4 is 173 Å². The van der Waals surface area contributed by atoms with Crippen molar-refractivity contribution in [1.29, 1.82) is 0 Å². The molecule has 0 atom stereocenters. The number of ether oxygens (including phenoxy) is 4. The monoisotopic (exact) mass is 2190 g/mol. The summed E-state index contributed by atoms with van der Waals surface area (Å²) in [4.78, 5) is 159. The first kappa shape index (κ1) is 121. The van der Waals surface area contributed by atoms with Gasteiger partial charge in [0.05, 0.1) is 123 Å². The van der Waals surface area contributed by atoms with Crippen LogP contribution in [0, 0.1) is 36.2 Å². The number of nitro groups is 3. The number of hydrogen-bond donors (Lipinski definition) is 9. The predicted molar refractivity (Wildman–Crippen MR) is 456 cm³/mol. The summed E-state index contributed by atoms with van der Waals surface area (Å²) in [6, 6.07) is 52.5. The Morgan fingerprint density at radius 1 is 0.508 bits per heavy atom. The molecule has 47 heteroatoms. The smallest absolute Gasteiger partial charge is 1.00 e. The molecular formula is C79H75Cs2F2ILiN5O31S5. The Kier molecular flexibility index (Phi) is 65.0. The molecule has 0 saturated heterocycles. The summed E-state index contributed by atoms with van der Waals surface area (Å²) in [6.45, 7) is -0.181.